The molecule has 0 radical (unpaired) electrons. The number of nitrogens with zero attached hydrogens (tertiary/aromatic N) is 1. The lowest BCUT2D eigenvalue weighted by Gasteiger charge is -2.42. The molecule has 0 aromatic heterocycles. The maximum atomic E-state index is 13.0. The molecule has 4 heteroatoms. The summed E-state index contributed by atoms with van der Waals surface area (Å²) in [6, 6.07) is 0.870. The van der Waals surface area contributed by atoms with E-state index in [0.29, 0.717) is 25.0 Å². The second kappa shape index (κ2) is 6.80. The number of nitrogens with one attached hydrogen (secondary N) is 1. The third-order valence-corrected chi connectivity index (χ3v) is 5.52. The van der Waals surface area contributed by atoms with Gasteiger partial charge in [-0.1, -0.05) is 38.5 Å². The molecule has 118 valence electrons. The highest BCUT2D eigenvalue weighted by atomic mass is 16.2. The zero-order valence-corrected chi connectivity index (χ0v) is 13.0. The van der Waals surface area contributed by atoms with Crippen LogP contribution in [0.4, 0.5) is 0 Å². The Morgan fingerprint density at radius 3 is 1.86 bits per heavy atom. The van der Waals surface area contributed by atoms with E-state index in [-0.39, 0.29) is 17.7 Å². The molecule has 2 amide bonds. The van der Waals surface area contributed by atoms with E-state index in [4.69, 9.17) is 0 Å². The fraction of sp³-hybridized carbons (Fsp3) is 0.882. The largest absolute Gasteiger partial charge is 0.355 e. The van der Waals surface area contributed by atoms with Crippen LogP contribution in [-0.2, 0) is 9.59 Å². The van der Waals surface area contributed by atoms with Gasteiger partial charge in [-0.2, -0.15) is 0 Å². The van der Waals surface area contributed by atoms with Crippen LogP contribution in [0.3, 0.4) is 0 Å². The van der Waals surface area contributed by atoms with Crippen molar-refractivity contribution in [1.82, 2.24) is 10.2 Å². The van der Waals surface area contributed by atoms with Crippen LogP contribution in [0.25, 0.3) is 0 Å². The second-order valence-corrected chi connectivity index (χ2v) is 7.03. The third-order valence-electron chi connectivity index (χ3n) is 5.52. The summed E-state index contributed by atoms with van der Waals surface area (Å²) < 4.78 is 0. The second-order valence-electron chi connectivity index (χ2n) is 7.03. The molecule has 0 aromatic rings. The van der Waals surface area contributed by atoms with Gasteiger partial charge in [-0.3, -0.25) is 9.59 Å². The molecule has 1 saturated heterocycles. The summed E-state index contributed by atoms with van der Waals surface area (Å²) in [4.78, 5) is 26.7. The molecule has 1 atom stereocenters. The van der Waals surface area contributed by atoms with Crippen molar-refractivity contribution in [2.24, 2.45) is 5.92 Å². The fourth-order valence-electron chi connectivity index (χ4n) is 4.37. The zero-order chi connectivity index (χ0) is 14.7. The van der Waals surface area contributed by atoms with E-state index in [1.807, 2.05) is 0 Å². The Balaban J connectivity index is 1.73. The molecule has 1 heterocycles. The maximum Gasteiger partial charge on any atom is 0.228 e. The van der Waals surface area contributed by atoms with Crippen molar-refractivity contribution < 1.29 is 9.59 Å². The van der Waals surface area contributed by atoms with Gasteiger partial charge in [-0.15, -0.1) is 0 Å². The first kappa shape index (κ1) is 14.9. The molecule has 1 aliphatic heterocycles. The van der Waals surface area contributed by atoms with Gasteiger partial charge >= 0.3 is 0 Å². The van der Waals surface area contributed by atoms with Crippen molar-refractivity contribution >= 4 is 11.8 Å². The van der Waals surface area contributed by atoms with Crippen LogP contribution >= 0.6 is 0 Å². The summed E-state index contributed by atoms with van der Waals surface area (Å²) >= 11 is 0. The van der Waals surface area contributed by atoms with Crippen molar-refractivity contribution in [3.05, 3.63) is 0 Å². The number of hydrogen-bond donors (Lipinski definition) is 1. The minimum atomic E-state index is -0.110. The maximum absolute atomic E-state index is 13.0. The lowest BCUT2D eigenvalue weighted by atomic mass is 9.87. The average molecular weight is 292 g/mol. The van der Waals surface area contributed by atoms with Crippen LogP contribution in [-0.4, -0.2) is 35.3 Å². The lowest BCUT2D eigenvalue weighted by Crippen LogP contribution is -2.51. The van der Waals surface area contributed by atoms with E-state index in [1.165, 1.54) is 38.5 Å². The van der Waals surface area contributed by atoms with Gasteiger partial charge in [0.25, 0.3) is 0 Å². The number of carbonyl (C=O) groups is 2. The Kier molecular flexibility index (Phi) is 4.81. The van der Waals surface area contributed by atoms with E-state index in [1.54, 1.807) is 0 Å². The van der Waals surface area contributed by atoms with Crippen molar-refractivity contribution in [3.63, 3.8) is 0 Å². The highest BCUT2D eigenvalue weighted by Gasteiger charge is 2.38. The molecule has 1 unspecified atom stereocenters. The van der Waals surface area contributed by atoms with Crippen LogP contribution in [0.5, 0.6) is 0 Å². The standard InChI is InChI=1S/C17H28N2O2/c20-16-11-13(12-18-16)17(21)19(14-7-3-1-4-8-14)15-9-5-2-6-10-15/h13-15H,1-12H2,(H,18,20). The Labute approximate surface area is 127 Å². The number of hydrogen-bond acceptors (Lipinski definition) is 2. The fourth-order valence-corrected chi connectivity index (χ4v) is 4.37. The summed E-state index contributed by atoms with van der Waals surface area (Å²) in [6.07, 6.45) is 12.7. The van der Waals surface area contributed by atoms with E-state index in [0.717, 1.165) is 25.7 Å². The third kappa shape index (κ3) is 3.41. The van der Waals surface area contributed by atoms with E-state index < -0.39 is 0 Å². The molecule has 0 aromatic carbocycles. The van der Waals surface area contributed by atoms with Crippen molar-refractivity contribution in [3.8, 4) is 0 Å². The topological polar surface area (TPSA) is 49.4 Å². The minimum absolute atomic E-state index is 0.0422. The highest BCUT2D eigenvalue weighted by Crippen LogP contribution is 2.32. The number of carbonyl (C=O) groups excluding carboxylic acids is 2. The predicted molar refractivity (Wildman–Crippen MR) is 81.7 cm³/mol. The van der Waals surface area contributed by atoms with Crippen LogP contribution in [0, 0.1) is 5.92 Å². The molecule has 2 aliphatic carbocycles. The van der Waals surface area contributed by atoms with Gasteiger partial charge in [0, 0.05) is 25.0 Å². The quantitative estimate of drug-likeness (QED) is 0.869. The Bertz CT molecular complexity index is 366. The van der Waals surface area contributed by atoms with E-state index in [9.17, 15) is 9.59 Å². The molecule has 0 spiro atoms. The van der Waals surface area contributed by atoms with E-state index >= 15 is 0 Å². The first-order chi connectivity index (χ1) is 10.3. The molecule has 3 aliphatic rings. The molecule has 0 bridgehead atoms. The number of amides is 2. The van der Waals surface area contributed by atoms with Crippen molar-refractivity contribution in [2.45, 2.75) is 82.7 Å². The van der Waals surface area contributed by atoms with Crippen LogP contribution in [0.1, 0.15) is 70.6 Å². The minimum Gasteiger partial charge on any atom is -0.355 e. The van der Waals surface area contributed by atoms with Gasteiger partial charge < -0.3 is 10.2 Å². The molecule has 3 rings (SSSR count). The molecule has 2 saturated carbocycles. The monoisotopic (exact) mass is 292 g/mol. The Hall–Kier alpha value is -1.06. The molecular formula is C17H28N2O2. The molecule has 1 N–H and O–H groups in total. The summed E-state index contributed by atoms with van der Waals surface area (Å²) in [6.45, 7) is 0.549. The van der Waals surface area contributed by atoms with Crippen LogP contribution in [0.15, 0.2) is 0 Å². The summed E-state index contributed by atoms with van der Waals surface area (Å²) in [7, 11) is 0. The molecule has 21 heavy (non-hydrogen) atoms. The molecule has 3 fully saturated rings. The summed E-state index contributed by atoms with van der Waals surface area (Å²) in [5.74, 6) is 0.189. The first-order valence-corrected chi connectivity index (χ1v) is 8.84. The van der Waals surface area contributed by atoms with Gasteiger partial charge in [0.05, 0.1) is 5.92 Å². The zero-order valence-electron chi connectivity index (χ0n) is 13.0. The predicted octanol–water partition coefficient (Wildman–Crippen LogP) is 2.62. The smallest absolute Gasteiger partial charge is 0.228 e. The van der Waals surface area contributed by atoms with Crippen molar-refractivity contribution in [2.75, 3.05) is 6.54 Å². The van der Waals surface area contributed by atoms with E-state index in [2.05, 4.69) is 10.2 Å². The number of rotatable bonds is 3. The molecular weight excluding hydrogens is 264 g/mol. The van der Waals surface area contributed by atoms with Crippen LogP contribution in [0.2, 0.25) is 0 Å². The lowest BCUT2D eigenvalue weighted by molar-refractivity contribution is -0.142. The van der Waals surface area contributed by atoms with Gasteiger partial charge in [0.2, 0.25) is 11.8 Å². The highest BCUT2D eigenvalue weighted by molar-refractivity contribution is 5.89. The normalized spacial score (nSPS) is 28.4. The van der Waals surface area contributed by atoms with Gasteiger partial charge in [0.15, 0.2) is 0 Å². The Morgan fingerprint density at radius 1 is 0.905 bits per heavy atom. The van der Waals surface area contributed by atoms with Gasteiger partial charge in [-0.05, 0) is 25.7 Å². The SMILES string of the molecule is O=C1CC(C(=O)N(C2CCCCC2)C2CCCCC2)CN1. The molecule has 4 nitrogen and oxygen atoms in total. The van der Waals surface area contributed by atoms with Crippen molar-refractivity contribution in [1.29, 1.82) is 0 Å². The van der Waals surface area contributed by atoms with Gasteiger partial charge in [-0.25, -0.2) is 0 Å². The average Bonchev–Trinajstić information content (AvgIpc) is 2.96. The Morgan fingerprint density at radius 2 is 1.43 bits per heavy atom. The summed E-state index contributed by atoms with van der Waals surface area (Å²) in [5, 5.41) is 2.82. The van der Waals surface area contributed by atoms with Gasteiger partial charge in [0.1, 0.15) is 0 Å². The first-order valence-electron chi connectivity index (χ1n) is 8.84. The van der Waals surface area contributed by atoms with Crippen LogP contribution < -0.4 is 5.32 Å². The summed E-state index contributed by atoms with van der Waals surface area (Å²) in [5.41, 5.74) is 0.